The molecule has 0 spiro atoms. The number of aliphatic carboxylic acids is 1. The van der Waals surface area contributed by atoms with Gasteiger partial charge in [0.05, 0.1) is 12.0 Å². The Bertz CT molecular complexity index is 699. The first kappa shape index (κ1) is 14.5. The number of carbonyl (C=O) groups is 1. The molecular formula is C13H12BrClN4O2. The molecule has 0 radical (unpaired) electrons. The van der Waals surface area contributed by atoms with E-state index < -0.39 is 11.4 Å². The van der Waals surface area contributed by atoms with Crippen molar-refractivity contribution >= 4 is 33.5 Å². The third kappa shape index (κ3) is 2.55. The van der Waals surface area contributed by atoms with E-state index in [0.717, 1.165) is 16.5 Å². The summed E-state index contributed by atoms with van der Waals surface area (Å²) in [4.78, 5) is 11.5. The first-order valence-corrected chi connectivity index (χ1v) is 7.64. The standard InChI is InChI=1S/C13H12BrClN4O2/c14-10-6-8(15)2-3-9(10)11-16-17-18-19(11)7-13(12(20)21)4-1-5-13/h2-3,6H,1,4-5,7H2,(H,20,21). The second-order valence-corrected chi connectivity index (χ2v) is 6.51. The summed E-state index contributed by atoms with van der Waals surface area (Å²) in [5, 5.41) is 21.7. The van der Waals surface area contributed by atoms with E-state index in [0.29, 0.717) is 23.7 Å². The molecule has 1 aliphatic rings. The molecule has 1 heterocycles. The Hall–Kier alpha value is -1.47. The van der Waals surface area contributed by atoms with Gasteiger partial charge >= 0.3 is 5.97 Å². The van der Waals surface area contributed by atoms with Crippen molar-refractivity contribution < 1.29 is 9.90 Å². The van der Waals surface area contributed by atoms with Crippen LogP contribution in [0.3, 0.4) is 0 Å². The minimum atomic E-state index is -0.787. The van der Waals surface area contributed by atoms with E-state index in [4.69, 9.17) is 11.6 Å². The van der Waals surface area contributed by atoms with Gasteiger partial charge in [0, 0.05) is 15.1 Å². The molecule has 0 unspecified atom stereocenters. The molecular weight excluding hydrogens is 360 g/mol. The Morgan fingerprint density at radius 2 is 2.24 bits per heavy atom. The van der Waals surface area contributed by atoms with Crippen molar-refractivity contribution in [3.8, 4) is 11.4 Å². The number of hydrogen-bond donors (Lipinski definition) is 1. The Morgan fingerprint density at radius 1 is 1.48 bits per heavy atom. The number of rotatable bonds is 4. The topological polar surface area (TPSA) is 80.9 Å². The number of nitrogens with zero attached hydrogens (tertiary/aromatic N) is 4. The minimum Gasteiger partial charge on any atom is -0.481 e. The highest BCUT2D eigenvalue weighted by Crippen LogP contribution is 2.43. The lowest BCUT2D eigenvalue weighted by atomic mass is 9.69. The van der Waals surface area contributed by atoms with Crippen LogP contribution in [-0.2, 0) is 11.3 Å². The fourth-order valence-corrected chi connectivity index (χ4v) is 3.36. The smallest absolute Gasteiger partial charge is 0.311 e. The van der Waals surface area contributed by atoms with Crippen LogP contribution in [0, 0.1) is 5.41 Å². The van der Waals surface area contributed by atoms with Crippen LogP contribution in [0.25, 0.3) is 11.4 Å². The summed E-state index contributed by atoms with van der Waals surface area (Å²) < 4.78 is 2.32. The van der Waals surface area contributed by atoms with E-state index in [-0.39, 0.29) is 6.54 Å². The zero-order valence-corrected chi connectivity index (χ0v) is 13.3. The largest absolute Gasteiger partial charge is 0.481 e. The molecule has 1 fully saturated rings. The molecule has 1 aliphatic carbocycles. The highest BCUT2D eigenvalue weighted by Gasteiger charge is 2.45. The quantitative estimate of drug-likeness (QED) is 0.893. The van der Waals surface area contributed by atoms with Crippen molar-refractivity contribution in [2.45, 2.75) is 25.8 Å². The summed E-state index contributed by atoms with van der Waals surface area (Å²) in [7, 11) is 0. The molecule has 0 atom stereocenters. The van der Waals surface area contributed by atoms with E-state index in [1.165, 1.54) is 0 Å². The third-order valence-corrected chi connectivity index (χ3v) is 4.81. The predicted molar refractivity (Wildman–Crippen MR) is 79.9 cm³/mol. The minimum absolute atomic E-state index is 0.278. The first-order valence-electron chi connectivity index (χ1n) is 6.47. The Morgan fingerprint density at radius 3 is 2.81 bits per heavy atom. The van der Waals surface area contributed by atoms with Gasteiger partial charge in [-0.15, -0.1) is 5.10 Å². The number of carboxylic acid groups (broad SMARTS) is 1. The first-order chi connectivity index (χ1) is 10.0. The van der Waals surface area contributed by atoms with Crippen molar-refractivity contribution in [3.63, 3.8) is 0 Å². The number of tetrazole rings is 1. The highest BCUT2D eigenvalue weighted by molar-refractivity contribution is 9.10. The van der Waals surface area contributed by atoms with E-state index >= 15 is 0 Å². The van der Waals surface area contributed by atoms with Crippen molar-refractivity contribution in [3.05, 3.63) is 27.7 Å². The van der Waals surface area contributed by atoms with Crippen LogP contribution < -0.4 is 0 Å². The normalized spacial score (nSPS) is 16.5. The zero-order valence-electron chi connectivity index (χ0n) is 11.0. The Kier molecular flexibility index (Phi) is 3.71. The van der Waals surface area contributed by atoms with Crippen LogP contribution in [-0.4, -0.2) is 31.3 Å². The van der Waals surface area contributed by atoms with Gasteiger partial charge in [0.15, 0.2) is 5.82 Å². The fourth-order valence-electron chi connectivity index (χ4n) is 2.50. The van der Waals surface area contributed by atoms with Gasteiger partial charge in [0.2, 0.25) is 0 Å². The second kappa shape index (κ2) is 5.38. The van der Waals surface area contributed by atoms with Crippen LogP contribution in [0.15, 0.2) is 22.7 Å². The molecule has 1 aromatic carbocycles. The van der Waals surface area contributed by atoms with Crippen LogP contribution in [0.2, 0.25) is 5.02 Å². The van der Waals surface area contributed by atoms with Crippen LogP contribution in [0.5, 0.6) is 0 Å². The third-order valence-electron chi connectivity index (χ3n) is 3.92. The molecule has 0 amide bonds. The fraction of sp³-hybridized carbons (Fsp3) is 0.385. The molecule has 110 valence electrons. The summed E-state index contributed by atoms with van der Waals surface area (Å²) in [6, 6.07) is 5.31. The average Bonchev–Trinajstić information content (AvgIpc) is 2.81. The van der Waals surface area contributed by atoms with Crippen molar-refractivity contribution in [2.75, 3.05) is 0 Å². The number of benzene rings is 1. The van der Waals surface area contributed by atoms with Gasteiger partial charge in [-0.05, 0) is 57.4 Å². The van der Waals surface area contributed by atoms with Gasteiger partial charge in [-0.1, -0.05) is 18.0 Å². The number of aromatic nitrogens is 4. The van der Waals surface area contributed by atoms with Crippen molar-refractivity contribution in [2.24, 2.45) is 5.41 Å². The van der Waals surface area contributed by atoms with Crippen LogP contribution in [0.1, 0.15) is 19.3 Å². The summed E-state index contributed by atoms with van der Waals surface area (Å²) in [6.45, 7) is 0.278. The lowest BCUT2D eigenvalue weighted by molar-refractivity contribution is -0.156. The monoisotopic (exact) mass is 370 g/mol. The molecule has 0 saturated heterocycles. The van der Waals surface area contributed by atoms with Gasteiger partial charge in [-0.2, -0.15) is 0 Å². The van der Waals surface area contributed by atoms with Gasteiger partial charge in [-0.3, -0.25) is 4.79 Å². The van der Waals surface area contributed by atoms with Gasteiger partial charge in [-0.25, -0.2) is 4.68 Å². The van der Waals surface area contributed by atoms with E-state index in [2.05, 4.69) is 31.5 Å². The molecule has 1 aromatic heterocycles. The Balaban J connectivity index is 1.96. The summed E-state index contributed by atoms with van der Waals surface area (Å²) in [6.07, 6.45) is 2.24. The van der Waals surface area contributed by atoms with Gasteiger partial charge in [0.25, 0.3) is 0 Å². The van der Waals surface area contributed by atoms with Crippen molar-refractivity contribution in [1.29, 1.82) is 0 Å². The molecule has 8 heteroatoms. The number of hydrogen-bond acceptors (Lipinski definition) is 4. The Labute approximate surface area is 134 Å². The predicted octanol–water partition coefficient (Wildman–Crippen LogP) is 3.01. The van der Waals surface area contributed by atoms with Crippen LogP contribution >= 0.6 is 27.5 Å². The molecule has 3 rings (SSSR count). The highest BCUT2D eigenvalue weighted by atomic mass is 79.9. The van der Waals surface area contributed by atoms with E-state index in [9.17, 15) is 9.90 Å². The molecule has 0 bridgehead atoms. The lowest BCUT2D eigenvalue weighted by Gasteiger charge is -2.37. The summed E-state index contributed by atoms with van der Waals surface area (Å²) >= 11 is 9.36. The molecule has 6 nitrogen and oxygen atoms in total. The van der Waals surface area contributed by atoms with Crippen molar-refractivity contribution in [1.82, 2.24) is 20.2 Å². The zero-order chi connectivity index (χ0) is 15.0. The summed E-state index contributed by atoms with van der Waals surface area (Å²) in [5.74, 6) is -0.253. The van der Waals surface area contributed by atoms with E-state index in [1.807, 2.05) is 6.07 Å². The maximum Gasteiger partial charge on any atom is 0.311 e. The van der Waals surface area contributed by atoms with Gasteiger partial charge in [0.1, 0.15) is 0 Å². The number of halogens is 2. The summed E-state index contributed by atoms with van der Waals surface area (Å²) in [5.41, 5.74) is 0.0347. The maximum atomic E-state index is 11.5. The van der Waals surface area contributed by atoms with Crippen LogP contribution in [0.4, 0.5) is 0 Å². The molecule has 2 aromatic rings. The molecule has 0 aliphatic heterocycles. The maximum absolute atomic E-state index is 11.5. The SMILES string of the molecule is O=C(O)C1(Cn2nnnc2-c2ccc(Cl)cc2Br)CCC1. The number of carboxylic acids is 1. The molecule has 1 saturated carbocycles. The molecule has 1 N–H and O–H groups in total. The molecule has 21 heavy (non-hydrogen) atoms. The van der Waals surface area contributed by atoms with E-state index in [1.54, 1.807) is 16.8 Å². The average molecular weight is 372 g/mol. The lowest BCUT2D eigenvalue weighted by Crippen LogP contribution is -2.42. The second-order valence-electron chi connectivity index (χ2n) is 5.22. The van der Waals surface area contributed by atoms with Gasteiger partial charge < -0.3 is 5.11 Å².